The molecular weight excluding hydrogens is 538 g/mol. The van der Waals surface area contributed by atoms with Crippen molar-refractivity contribution in [2.24, 2.45) is 0 Å². The van der Waals surface area contributed by atoms with Crippen LogP contribution in [0.4, 0.5) is 19.8 Å². The summed E-state index contributed by atoms with van der Waals surface area (Å²) in [7, 11) is 1.00. The van der Waals surface area contributed by atoms with Crippen LogP contribution in [-0.4, -0.2) is 39.6 Å². The smallest absolute Gasteiger partial charge is 0.161 e. The van der Waals surface area contributed by atoms with Crippen LogP contribution in [0, 0.1) is 5.82 Å². The third-order valence-corrected chi connectivity index (χ3v) is 6.10. The number of furan rings is 1. The Bertz CT molecular complexity index is 1550. The summed E-state index contributed by atoms with van der Waals surface area (Å²) in [5, 5.41) is 24.6. The normalized spacial score (nSPS) is 10.7. The van der Waals surface area contributed by atoms with Crippen LogP contribution in [0.25, 0.3) is 22.2 Å². The Morgan fingerprint density at radius 2 is 1.88 bits per heavy atom. The summed E-state index contributed by atoms with van der Waals surface area (Å²) >= 11 is 0.302. The topological polar surface area (TPSA) is 113 Å². The van der Waals surface area contributed by atoms with Crippen molar-refractivity contribution in [2.75, 3.05) is 24.7 Å². The number of aromatic nitrogens is 2. The van der Waals surface area contributed by atoms with Crippen molar-refractivity contribution < 1.29 is 27.6 Å². The fraction of sp³-hybridized carbons (Fsp3) is 0.172. The average Bonchev–Trinajstić information content (AvgIpc) is 3.45. The van der Waals surface area contributed by atoms with Gasteiger partial charge in [0.2, 0.25) is 0 Å². The van der Waals surface area contributed by atoms with Crippen LogP contribution in [0.15, 0.2) is 83.5 Å². The van der Waals surface area contributed by atoms with Crippen molar-refractivity contribution in [3.05, 3.63) is 96.3 Å². The van der Waals surface area contributed by atoms with E-state index in [1.165, 1.54) is 24.5 Å². The molecule has 4 N–H and O–H groups in total. The molecule has 2 heterocycles. The molecule has 2 aromatic heterocycles. The van der Waals surface area contributed by atoms with Crippen molar-refractivity contribution in [3.8, 4) is 22.8 Å². The fourth-order valence-electron chi connectivity index (χ4n) is 3.90. The molecule has 0 saturated heterocycles. The molecule has 0 atom stereocenters. The molecule has 5 aromatic rings. The van der Waals surface area contributed by atoms with E-state index in [0.717, 1.165) is 29.3 Å². The van der Waals surface area contributed by atoms with Crippen molar-refractivity contribution in [1.82, 2.24) is 15.3 Å². The van der Waals surface area contributed by atoms with E-state index in [2.05, 4.69) is 20.6 Å². The van der Waals surface area contributed by atoms with E-state index in [4.69, 9.17) is 14.3 Å². The van der Waals surface area contributed by atoms with Crippen LogP contribution in [0.2, 0.25) is 0 Å². The highest BCUT2D eigenvalue weighted by atomic mass is 32.2. The van der Waals surface area contributed by atoms with Gasteiger partial charge in [0.05, 0.1) is 12.1 Å². The lowest BCUT2D eigenvalue weighted by Gasteiger charge is -2.12. The first-order valence-electron chi connectivity index (χ1n) is 12.3. The van der Waals surface area contributed by atoms with E-state index in [-0.39, 0.29) is 23.9 Å². The highest BCUT2D eigenvalue weighted by molar-refractivity contribution is 7.94. The lowest BCUT2D eigenvalue weighted by molar-refractivity contribution is 0.288. The summed E-state index contributed by atoms with van der Waals surface area (Å²) < 4.78 is 37.2. The standard InChI is InChI=1S/C28H24F2N4O3S.CH4O/c29-20-3-1-2-18(12-20)16-36-27-8-5-21(14-25(27)35)34-28-23-13-19(4-7-24(23)32-17-33-28)26-9-6-22(37-26)15-31-10-11-38-30;1-2/h1-9,12-14,17,31,35H,10-11,15-16H2,(H,32,33,34);2H,1H3. The quantitative estimate of drug-likeness (QED) is 0.135. The van der Waals surface area contributed by atoms with Gasteiger partial charge in [-0.15, -0.1) is 0 Å². The summed E-state index contributed by atoms with van der Waals surface area (Å²) in [6.45, 7) is 1.18. The number of aliphatic hydroxyl groups excluding tert-OH is 1. The molecule has 0 aliphatic carbocycles. The Balaban J connectivity index is 0.00000181. The maximum absolute atomic E-state index is 13.4. The molecule has 0 unspecified atom stereocenters. The van der Waals surface area contributed by atoms with Gasteiger partial charge in [-0.2, -0.15) is 3.89 Å². The van der Waals surface area contributed by atoms with Crippen molar-refractivity contribution >= 4 is 34.6 Å². The predicted octanol–water partition coefficient (Wildman–Crippen LogP) is 6.37. The second kappa shape index (κ2) is 14.3. The third-order valence-electron chi connectivity index (χ3n) is 5.74. The van der Waals surface area contributed by atoms with Crippen LogP contribution in [-0.2, 0) is 13.2 Å². The van der Waals surface area contributed by atoms with Gasteiger partial charge in [-0.3, -0.25) is 0 Å². The predicted molar refractivity (Wildman–Crippen MR) is 153 cm³/mol. The number of phenols is 1. The Labute approximate surface area is 234 Å². The van der Waals surface area contributed by atoms with Gasteiger partial charge in [-0.05, 0) is 60.2 Å². The molecule has 40 heavy (non-hydrogen) atoms. The molecule has 0 amide bonds. The zero-order valence-corrected chi connectivity index (χ0v) is 22.4. The van der Waals surface area contributed by atoms with E-state index in [1.54, 1.807) is 24.3 Å². The molecular formula is C29H28F2N4O4S. The molecule has 8 nitrogen and oxygen atoms in total. The Morgan fingerprint density at radius 3 is 2.67 bits per heavy atom. The number of anilines is 2. The molecule has 0 radical (unpaired) electrons. The Morgan fingerprint density at radius 1 is 1.00 bits per heavy atom. The van der Waals surface area contributed by atoms with Crippen LogP contribution in [0.1, 0.15) is 11.3 Å². The summed E-state index contributed by atoms with van der Waals surface area (Å²) in [6, 6.07) is 20.5. The summed E-state index contributed by atoms with van der Waals surface area (Å²) in [5.41, 5.74) is 2.85. The molecule has 0 saturated carbocycles. The van der Waals surface area contributed by atoms with E-state index in [9.17, 15) is 13.4 Å². The minimum absolute atomic E-state index is 0.0627. The number of aromatic hydroxyl groups is 1. The SMILES string of the molecule is CO.Oc1cc(Nc2ncnc3ccc(-c4ccc(CNCCSF)o4)cc23)ccc1OCc1cccc(F)c1. The molecule has 5 rings (SSSR count). The molecule has 11 heteroatoms. The second-order valence-electron chi connectivity index (χ2n) is 8.44. The largest absolute Gasteiger partial charge is 0.504 e. The van der Waals surface area contributed by atoms with Gasteiger partial charge in [0.15, 0.2) is 11.5 Å². The Hall–Kier alpha value is -4.19. The van der Waals surface area contributed by atoms with Gasteiger partial charge < -0.3 is 30.0 Å². The number of fused-ring (bicyclic) bond motifs is 1. The molecule has 0 aliphatic rings. The number of phenolic OH excluding ortho intramolecular Hbond substituents is 1. The van der Waals surface area contributed by atoms with Crippen molar-refractivity contribution in [3.63, 3.8) is 0 Å². The molecule has 0 aliphatic heterocycles. The van der Waals surface area contributed by atoms with Gasteiger partial charge in [0.25, 0.3) is 0 Å². The maximum atomic E-state index is 13.4. The Kier molecular flexibility index (Phi) is 10.3. The van der Waals surface area contributed by atoms with Crippen LogP contribution < -0.4 is 15.4 Å². The number of hydrogen-bond donors (Lipinski definition) is 4. The van der Waals surface area contributed by atoms with E-state index < -0.39 is 0 Å². The highest BCUT2D eigenvalue weighted by Gasteiger charge is 2.11. The number of benzene rings is 3. The first-order valence-corrected chi connectivity index (χ1v) is 13.2. The molecule has 3 aromatic carbocycles. The lowest BCUT2D eigenvalue weighted by Crippen LogP contribution is -2.15. The van der Waals surface area contributed by atoms with Gasteiger partial charge >= 0.3 is 0 Å². The lowest BCUT2D eigenvalue weighted by atomic mass is 10.1. The minimum Gasteiger partial charge on any atom is -0.504 e. The second-order valence-corrected chi connectivity index (χ2v) is 9.06. The van der Waals surface area contributed by atoms with Gasteiger partial charge in [-0.25, -0.2) is 14.4 Å². The molecule has 0 bridgehead atoms. The zero-order chi connectivity index (χ0) is 28.3. The van der Waals surface area contributed by atoms with Crippen molar-refractivity contribution in [2.45, 2.75) is 13.2 Å². The van der Waals surface area contributed by atoms with E-state index in [0.29, 0.717) is 53.8 Å². The third kappa shape index (κ3) is 7.47. The monoisotopic (exact) mass is 566 g/mol. The number of nitrogens with one attached hydrogen (secondary N) is 2. The summed E-state index contributed by atoms with van der Waals surface area (Å²) in [6.07, 6.45) is 1.47. The van der Waals surface area contributed by atoms with Crippen LogP contribution in [0.3, 0.4) is 0 Å². The van der Waals surface area contributed by atoms with Gasteiger partial charge in [0, 0.05) is 54.3 Å². The first-order chi connectivity index (χ1) is 19.6. The number of ether oxygens (including phenoxy) is 1. The first kappa shape index (κ1) is 28.8. The number of aliphatic hydroxyl groups is 1. The fourth-order valence-corrected chi connectivity index (χ4v) is 4.12. The van der Waals surface area contributed by atoms with Gasteiger partial charge in [0.1, 0.15) is 36.1 Å². The van der Waals surface area contributed by atoms with Crippen LogP contribution in [0.5, 0.6) is 11.5 Å². The van der Waals surface area contributed by atoms with Crippen LogP contribution >= 0.6 is 12.1 Å². The van der Waals surface area contributed by atoms with Gasteiger partial charge in [-0.1, -0.05) is 12.1 Å². The summed E-state index contributed by atoms with van der Waals surface area (Å²) in [5.74, 6) is 2.26. The molecule has 0 fully saturated rings. The van der Waals surface area contributed by atoms with Crippen molar-refractivity contribution in [1.29, 1.82) is 0 Å². The summed E-state index contributed by atoms with van der Waals surface area (Å²) in [4.78, 5) is 8.74. The number of halogens is 2. The number of hydrogen-bond acceptors (Lipinski definition) is 9. The number of rotatable bonds is 11. The maximum Gasteiger partial charge on any atom is 0.161 e. The van der Waals surface area contributed by atoms with E-state index >= 15 is 0 Å². The number of nitrogens with zero attached hydrogens (tertiary/aromatic N) is 2. The zero-order valence-electron chi connectivity index (χ0n) is 21.6. The highest BCUT2D eigenvalue weighted by Crippen LogP contribution is 2.33. The average molecular weight is 567 g/mol. The van der Waals surface area contributed by atoms with E-state index in [1.807, 2.05) is 30.3 Å². The molecule has 208 valence electrons. The molecule has 0 spiro atoms. The minimum atomic E-state index is -0.344.